The number of Topliss-reactive ketones (excluding diaryl/α,β-unsaturated/α-hetero) is 2. The number of amides is 2. The molecule has 0 aliphatic heterocycles. The number of nitrogens with zero attached hydrogens (tertiary/aromatic N) is 2. The summed E-state index contributed by atoms with van der Waals surface area (Å²) in [5.74, 6) is -0.0313. The van der Waals surface area contributed by atoms with E-state index in [0.717, 1.165) is 6.42 Å². The van der Waals surface area contributed by atoms with Crippen molar-refractivity contribution >= 4 is 57.6 Å². The first-order valence-corrected chi connectivity index (χ1v) is 14.9. The topological polar surface area (TPSA) is 93.2 Å². The van der Waals surface area contributed by atoms with Gasteiger partial charge in [-0.15, -0.1) is 0 Å². The number of likely N-dealkylation sites (N-methyl/N-ethyl adjacent to an activating group) is 2. The Kier molecular flexibility index (Phi) is 19.2. The largest absolute Gasteiger partial charge is 0.383 e. The van der Waals surface area contributed by atoms with Crippen molar-refractivity contribution in [3.05, 3.63) is 0 Å². The fraction of sp³-hybridized carbons (Fsp3) is 0.840. The van der Waals surface area contributed by atoms with Crippen molar-refractivity contribution in [3.63, 3.8) is 0 Å². The summed E-state index contributed by atoms with van der Waals surface area (Å²) in [4.78, 5) is 49.4. The van der Waals surface area contributed by atoms with Crippen LogP contribution < -0.4 is 0 Å². The normalized spacial score (nSPS) is 15.9. The summed E-state index contributed by atoms with van der Waals surface area (Å²) in [5, 5.41) is 0. The first-order valence-electron chi connectivity index (χ1n) is 11.9. The zero-order valence-corrected chi connectivity index (χ0v) is 26.5. The number of methoxy groups -OCH3 is 2. The maximum absolute atomic E-state index is 12.1. The minimum absolute atomic E-state index is 0.00623. The highest BCUT2D eigenvalue weighted by Crippen LogP contribution is 2.38. The molecule has 0 aromatic heterocycles. The minimum atomic E-state index is -0.365. The lowest BCUT2D eigenvalue weighted by molar-refractivity contribution is -0.137. The summed E-state index contributed by atoms with van der Waals surface area (Å²) in [5.41, 5.74) is 0. The van der Waals surface area contributed by atoms with E-state index in [9.17, 15) is 19.2 Å². The highest BCUT2D eigenvalue weighted by atomic mass is 33.1. The summed E-state index contributed by atoms with van der Waals surface area (Å²) < 4.78 is 9.86. The zero-order chi connectivity index (χ0) is 28.7. The third-order valence-electron chi connectivity index (χ3n) is 6.06. The lowest BCUT2D eigenvalue weighted by Gasteiger charge is -2.29. The number of hydrogen-bond acceptors (Lipinski definition) is 9. The van der Waals surface area contributed by atoms with Crippen molar-refractivity contribution < 1.29 is 28.7 Å². The number of hydrogen-bond donors (Lipinski definition) is 1. The molecule has 2 amide bonds. The standard InChI is InChI=1S/C13H25NO3S2.C12H23NO3S/c1-10(11(2)15)14(4)12(16)7-8-13(3,9-17-5)19-18-6;1-9(10(2)14)13(4)11(15)6-7-12(3,17)8-16-5/h10H,7-9H2,1-6H3;9,17H,6-8H2,1-5H3/t10-,13?;9-,12?/m00/s1. The van der Waals surface area contributed by atoms with Gasteiger partial charge in [0.25, 0.3) is 0 Å². The molecule has 0 heterocycles. The number of carbonyl (C=O) groups excluding carboxylic acids is 4. The monoisotopic (exact) mass is 568 g/mol. The van der Waals surface area contributed by atoms with Gasteiger partial charge >= 0.3 is 0 Å². The van der Waals surface area contributed by atoms with Crippen LogP contribution in [0.5, 0.6) is 0 Å². The second-order valence-corrected chi connectivity index (χ2v) is 13.7. The molecule has 0 bridgehead atoms. The molecule has 0 aliphatic rings. The van der Waals surface area contributed by atoms with E-state index >= 15 is 0 Å². The quantitative estimate of drug-likeness (QED) is 0.219. The Balaban J connectivity index is 0. The van der Waals surface area contributed by atoms with Crippen molar-refractivity contribution in [1.82, 2.24) is 9.80 Å². The molecule has 212 valence electrons. The molecule has 0 saturated carbocycles. The second kappa shape index (κ2) is 18.5. The number of thiol groups is 1. The molecule has 4 atom stereocenters. The summed E-state index contributed by atoms with van der Waals surface area (Å²) in [6.07, 6.45) is 4.18. The van der Waals surface area contributed by atoms with Gasteiger partial charge in [-0.2, -0.15) is 12.6 Å². The Hall–Kier alpha value is -0.750. The van der Waals surface area contributed by atoms with E-state index in [1.807, 2.05) is 13.2 Å². The first kappa shape index (κ1) is 37.4. The van der Waals surface area contributed by atoms with Crippen LogP contribution in [-0.4, -0.2) is 103 Å². The fourth-order valence-electron chi connectivity index (χ4n) is 3.11. The average Bonchev–Trinajstić information content (AvgIpc) is 2.79. The molecular weight excluding hydrogens is 520 g/mol. The first-order chi connectivity index (χ1) is 16.5. The Labute approximate surface area is 232 Å². The van der Waals surface area contributed by atoms with Gasteiger partial charge in [0, 0.05) is 50.7 Å². The summed E-state index contributed by atoms with van der Waals surface area (Å²) in [6, 6.07) is -0.717. The molecular formula is C25H48N2O6S3. The lowest BCUT2D eigenvalue weighted by atomic mass is 10.0. The van der Waals surface area contributed by atoms with Crippen molar-refractivity contribution in [3.8, 4) is 0 Å². The summed E-state index contributed by atoms with van der Waals surface area (Å²) >= 11 is 4.44. The average molecular weight is 569 g/mol. The predicted octanol–water partition coefficient (Wildman–Crippen LogP) is 4.16. The zero-order valence-electron chi connectivity index (χ0n) is 24.0. The van der Waals surface area contributed by atoms with Gasteiger partial charge < -0.3 is 19.3 Å². The smallest absolute Gasteiger partial charge is 0.222 e. The highest BCUT2D eigenvalue weighted by Gasteiger charge is 2.28. The van der Waals surface area contributed by atoms with E-state index in [-0.39, 0.29) is 45.0 Å². The molecule has 0 fully saturated rings. The van der Waals surface area contributed by atoms with Gasteiger partial charge in [-0.25, -0.2) is 0 Å². The van der Waals surface area contributed by atoms with Gasteiger partial charge in [0.15, 0.2) is 11.6 Å². The van der Waals surface area contributed by atoms with Crippen LogP contribution in [0.15, 0.2) is 0 Å². The Morgan fingerprint density at radius 2 is 1.22 bits per heavy atom. The van der Waals surface area contributed by atoms with Crippen molar-refractivity contribution in [1.29, 1.82) is 0 Å². The Morgan fingerprint density at radius 3 is 1.56 bits per heavy atom. The second-order valence-electron chi connectivity index (χ2n) is 9.65. The molecule has 0 saturated heterocycles. The maximum Gasteiger partial charge on any atom is 0.222 e. The van der Waals surface area contributed by atoms with Crippen molar-refractivity contribution in [2.75, 3.05) is 47.8 Å². The van der Waals surface area contributed by atoms with Crippen molar-refractivity contribution in [2.24, 2.45) is 0 Å². The third kappa shape index (κ3) is 15.5. The van der Waals surface area contributed by atoms with E-state index in [1.54, 1.807) is 63.8 Å². The summed E-state index contributed by atoms with van der Waals surface area (Å²) in [7, 11) is 10.0. The van der Waals surface area contributed by atoms with Crippen LogP contribution in [-0.2, 0) is 28.7 Å². The number of ketones is 2. The van der Waals surface area contributed by atoms with Crippen LogP contribution in [0.2, 0.25) is 0 Å². The van der Waals surface area contributed by atoms with Crippen LogP contribution in [0.4, 0.5) is 0 Å². The molecule has 2 unspecified atom stereocenters. The number of carbonyl (C=O) groups is 4. The molecule has 0 aliphatic carbocycles. The molecule has 36 heavy (non-hydrogen) atoms. The van der Waals surface area contributed by atoms with Crippen molar-refractivity contribution in [2.45, 2.75) is 88.8 Å². The van der Waals surface area contributed by atoms with Gasteiger partial charge in [-0.05, 0) is 60.6 Å². The summed E-state index contributed by atoms with van der Waals surface area (Å²) in [6.45, 7) is 11.6. The van der Waals surface area contributed by atoms with E-state index in [0.29, 0.717) is 32.5 Å². The molecule has 0 aromatic carbocycles. The van der Waals surface area contributed by atoms with Crippen LogP contribution in [0.1, 0.15) is 67.2 Å². The number of ether oxygens (including phenoxy) is 2. The lowest BCUT2D eigenvalue weighted by Crippen LogP contribution is -2.40. The molecule has 11 heteroatoms. The van der Waals surface area contributed by atoms with E-state index in [2.05, 4.69) is 19.6 Å². The van der Waals surface area contributed by atoms with Gasteiger partial charge in [-0.3, -0.25) is 19.2 Å². The molecule has 0 aromatic rings. The Morgan fingerprint density at radius 1 is 0.833 bits per heavy atom. The van der Waals surface area contributed by atoms with Crippen LogP contribution in [0, 0.1) is 0 Å². The molecule has 0 radical (unpaired) electrons. The van der Waals surface area contributed by atoms with Crippen LogP contribution >= 0.6 is 34.2 Å². The predicted molar refractivity (Wildman–Crippen MR) is 155 cm³/mol. The van der Waals surface area contributed by atoms with Gasteiger partial charge in [0.1, 0.15) is 0 Å². The van der Waals surface area contributed by atoms with E-state index < -0.39 is 0 Å². The SMILES string of the molecule is COCC(C)(CCC(=O)N(C)[C@@H](C)C(C)=O)SSC.COCC(C)(S)CCC(=O)N(C)[C@@H](C)C(C)=O. The van der Waals surface area contributed by atoms with Crippen LogP contribution in [0.25, 0.3) is 0 Å². The molecule has 0 spiro atoms. The van der Waals surface area contributed by atoms with Crippen LogP contribution in [0.3, 0.4) is 0 Å². The van der Waals surface area contributed by atoms with Gasteiger partial charge in [0.2, 0.25) is 11.8 Å². The van der Waals surface area contributed by atoms with E-state index in [1.165, 1.54) is 23.6 Å². The van der Waals surface area contributed by atoms with Gasteiger partial charge in [0.05, 0.1) is 25.3 Å². The maximum atomic E-state index is 12.1. The molecule has 0 rings (SSSR count). The third-order valence-corrected chi connectivity index (χ3v) is 9.01. The Bertz CT molecular complexity index is 699. The molecule has 8 nitrogen and oxygen atoms in total. The van der Waals surface area contributed by atoms with Gasteiger partial charge in [-0.1, -0.05) is 21.6 Å². The molecule has 0 N–H and O–H groups in total. The highest BCUT2D eigenvalue weighted by molar-refractivity contribution is 8.77. The van der Waals surface area contributed by atoms with E-state index in [4.69, 9.17) is 9.47 Å². The number of rotatable bonds is 16. The fourth-order valence-corrected chi connectivity index (χ4v) is 5.70. The minimum Gasteiger partial charge on any atom is -0.383 e.